The standard InChI is InChI=1S/C22H28ClN5O6/c1-14(2)18-20(30)28(21(31)24-18)34-22(32)27-8-6-25(7-9-27)16-5-3-4-15(17(16)23)19(29)26-10-12-33-13-11-26/h3-5,14,18H,6-13H2,1-2H3,(H,24,31)/t18-/m0/s1. The van der Waals surface area contributed by atoms with Gasteiger partial charge in [-0.05, 0) is 18.1 Å². The number of nitrogens with zero attached hydrogens (tertiary/aromatic N) is 4. The van der Waals surface area contributed by atoms with Crippen LogP contribution in [-0.2, 0) is 14.4 Å². The SMILES string of the molecule is CC(C)[C@@H]1NC(=O)N(OC(=O)N2CCN(c3cccc(C(=O)N4CCOCC4)c3Cl)CC2)C1=O. The van der Waals surface area contributed by atoms with Crippen LogP contribution >= 0.6 is 11.6 Å². The lowest BCUT2D eigenvalue weighted by Gasteiger charge is -2.36. The van der Waals surface area contributed by atoms with E-state index in [2.05, 4.69) is 5.32 Å². The van der Waals surface area contributed by atoms with Gasteiger partial charge in [0.05, 0.1) is 29.5 Å². The van der Waals surface area contributed by atoms with E-state index >= 15 is 0 Å². The van der Waals surface area contributed by atoms with Gasteiger partial charge < -0.3 is 29.6 Å². The Morgan fingerprint density at radius 1 is 1.06 bits per heavy atom. The minimum Gasteiger partial charge on any atom is -0.378 e. The van der Waals surface area contributed by atoms with Gasteiger partial charge in [0.2, 0.25) is 0 Å². The summed E-state index contributed by atoms with van der Waals surface area (Å²) in [7, 11) is 0. The van der Waals surface area contributed by atoms with Gasteiger partial charge in [0.1, 0.15) is 6.04 Å². The van der Waals surface area contributed by atoms with Crippen LogP contribution in [0.1, 0.15) is 24.2 Å². The van der Waals surface area contributed by atoms with E-state index in [-0.39, 0.29) is 11.8 Å². The molecule has 1 atom stereocenters. The molecule has 3 saturated heterocycles. The Morgan fingerprint density at radius 3 is 2.35 bits per heavy atom. The molecule has 11 nitrogen and oxygen atoms in total. The van der Waals surface area contributed by atoms with Gasteiger partial charge in [-0.2, -0.15) is 0 Å². The van der Waals surface area contributed by atoms with Crippen LogP contribution in [-0.4, -0.2) is 97.3 Å². The van der Waals surface area contributed by atoms with Crippen LogP contribution in [0.4, 0.5) is 15.3 Å². The van der Waals surface area contributed by atoms with Gasteiger partial charge in [-0.1, -0.05) is 36.6 Å². The molecule has 0 aromatic heterocycles. The molecule has 1 aromatic carbocycles. The molecule has 1 aromatic rings. The fourth-order valence-electron chi connectivity index (χ4n) is 4.15. The van der Waals surface area contributed by atoms with Crippen molar-refractivity contribution >= 4 is 41.2 Å². The number of amides is 5. The van der Waals surface area contributed by atoms with Gasteiger partial charge in [-0.25, -0.2) is 9.59 Å². The number of benzene rings is 1. The Hall–Kier alpha value is -3.05. The van der Waals surface area contributed by atoms with E-state index in [4.69, 9.17) is 21.2 Å². The fourth-order valence-corrected chi connectivity index (χ4v) is 4.48. The van der Waals surface area contributed by atoms with E-state index < -0.39 is 24.1 Å². The number of urea groups is 1. The van der Waals surface area contributed by atoms with Crippen LogP contribution < -0.4 is 10.2 Å². The number of morpholine rings is 1. The first-order valence-electron chi connectivity index (χ1n) is 11.3. The highest BCUT2D eigenvalue weighted by Crippen LogP contribution is 2.31. The normalized spacial score (nSPS) is 21.2. The summed E-state index contributed by atoms with van der Waals surface area (Å²) in [5.41, 5.74) is 1.14. The largest absolute Gasteiger partial charge is 0.434 e. The number of nitrogens with one attached hydrogen (secondary N) is 1. The van der Waals surface area contributed by atoms with Gasteiger partial charge in [-0.3, -0.25) is 9.59 Å². The van der Waals surface area contributed by atoms with Gasteiger partial charge in [0.25, 0.3) is 11.8 Å². The maximum atomic E-state index is 12.9. The van der Waals surface area contributed by atoms with Crippen molar-refractivity contribution in [2.75, 3.05) is 57.4 Å². The predicted octanol–water partition coefficient (Wildman–Crippen LogP) is 1.56. The lowest BCUT2D eigenvalue weighted by Crippen LogP contribution is -2.51. The summed E-state index contributed by atoms with van der Waals surface area (Å²) in [6.45, 7) is 7.13. The molecule has 3 aliphatic heterocycles. The summed E-state index contributed by atoms with van der Waals surface area (Å²) >= 11 is 6.63. The third kappa shape index (κ3) is 4.76. The molecule has 1 N–H and O–H groups in total. The minimum absolute atomic E-state index is 0.126. The van der Waals surface area contributed by atoms with Crippen molar-refractivity contribution in [3.05, 3.63) is 28.8 Å². The van der Waals surface area contributed by atoms with Crippen molar-refractivity contribution in [2.24, 2.45) is 5.92 Å². The summed E-state index contributed by atoms with van der Waals surface area (Å²) in [6, 6.07) is 3.87. The summed E-state index contributed by atoms with van der Waals surface area (Å²) in [5, 5.41) is 3.38. The van der Waals surface area contributed by atoms with Crippen molar-refractivity contribution in [2.45, 2.75) is 19.9 Å². The van der Waals surface area contributed by atoms with E-state index in [1.54, 1.807) is 30.9 Å². The second-order valence-electron chi connectivity index (χ2n) is 8.68. The quantitative estimate of drug-likeness (QED) is 0.633. The topological polar surface area (TPSA) is 112 Å². The van der Waals surface area contributed by atoms with E-state index in [0.717, 1.165) is 0 Å². The van der Waals surface area contributed by atoms with E-state index in [9.17, 15) is 19.2 Å². The zero-order valence-electron chi connectivity index (χ0n) is 19.2. The molecule has 0 aliphatic carbocycles. The van der Waals surface area contributed by atoms with E-state index in [1.807, 2.05) is 11.0 Å². The second-order valence-corrected chi connectivity index (χ2v) is 9.06. The number of ether oxygens (including phenoxy) is 1. The predicted molar refractivity (Wildman–Crippen MR) is 122 cm³/mol. The van der Waals surface area contributed by atoms with Crippen molar-refractivity contribution in [1.82, 2.24) is 20.2 Å². The number of piperazine rings is 1. The molecule has 3 fully saturated rings. The molecule has 0 spiro atoms. The molecule has 0 bridgehead atoms. The van der Waals surface area contributed by atoms with Crippen molar-refractivity contribution in [3.63, 3.8) is 0 Å². The first-order valence-corrected chi connectivity index (χ1v) is 11.7. The second kappa shape index (κ2) is 10.1. The number of halogens is 1. The first kappa shape index (κ1) is 24.1. The summed E-state index contributed by atoms with van der Waals surface area (Å²) in [4.78, 5) is 60.1. The number of imide groups is 1. The van der Waals surface area contributed by atoms with Gasteiger partial charge >= 0.3 is 12.1 Å². The molecule has 5 amide bonds. The average molecular weight is 494 g/mol. The number of rotatable bonds is 4. The zero-order chi connectivity index (χ0) is 24.4. The molecule has 0 unspecified atom stereocenters. The first-order chi connectivity index (χ1) is 16.3. The number of anilines is 1. The molecule has 34 heavy (non-hydrogen) atoms. The molecule has 3 aliphatic rings. The Morgan fingerprint density at radius 2 is 1.74 bits per heavy atom. The number of hydrogen-bond acceptors (Lipinski definition) is 7. The smallest absolute Gasteiger partial charge is 0.378 e. The Bertz CT molecular complexity index is 975. The van der Waals surface area contributed by atoms with Crippen LogP contribution in [0.5, 0.6) is 0 Å². The fraction of sp³-hybridized carbons (Fsp3) is 0.545. The van der Waals surface area contributed by atoms with Crippen LogP contribution in [0.2, 0.25) is 5.02 Å². The molecular formula is C22H28ClN5O6. The lowest BCUT2D eigenvalue weighted by molar-refractivity contribution is -0.152. The lowest BCUT2D eigenvalue weighted by atomic mass is 10.1. The van der Waals surface area contributed by atoms with Crippen LogP contribution in [0.3, 0.4) is 0 Å². The number of hydrogen-bond donors (Lipinski definition) is 1. The van der Waals surface area contributed by atoms with Crippen molar-refractivity contribution in [1.29, 1.82) is 0 Å². The number of hydroxylamine groups is 2. The summed E-state index contributed by atoms with van der Waals surface area (Å²) < 4.78 is 5.31. The number of carbonyl (C=O) groups is 4. The van der Waals surface area contributed by atoms with E-state index in [1.165, 1.54) is 4.90 Å². The highest BCUT2D eigenvalue weighted by molar-refractivity contribution is 6.36. The Kier molecular flexibility index (Phi) is 7.13. The van der Waals surface area contributed by atoms with Crippen LogP contribution in [0.25, 0.3) is 0 Å². The van der Waals surface area contributed by atoms with E-state index in [0.29, 0.717) is 73.8 Å². The van der Waals surface area contributed by atoms with Gasteiger partial charge in [-0.15, -0.1) is 0 Å². The third-order valence-corrected chi connectivity index (χ3v) is 6.55. The van der Waals surface area contributed by atoms with Gasteiger partial charge in [0.15, 0.2) is 0 Å². The molecule has 184 valence electrons. The molecule has 0 radical (unpaired) electrons. The highest BCUT2D eigenvalue weighted by atomic mass is 35.5. The Labute approximate surface area is 202 Å². The Balaban J connectivity index is 1.36. The zero-order valence-corrected chi connectivity index (χ0v) is 19.9. The minimum atomic E-state index is -0.769. The highest BCUT2D eigenvalue weighted by Gasteiger charge is 2.43. The number of carbonyl (C=O) groups excluding carboxylic acids is 4. The molecular weight excluding hydrogens is 466 g/mol. The molecule has 12 heteroatoms. The summed E-state index contributed by atoms with van der Waals surface area (Å²) in [6.07, 6.45) is -0.769. The third-order valence-electron chi connectivity index (χ3n) is 6.15. The molecule has 3 heterocycles. The van der Waals surface area contributed by atoms with Crippen molar-refractivity contribution < 1.29 is 28.8 Å². The molecule has 4 rings (SSSR count). The van der Waals surface area contributed by atoms with Crippen molar-refractivity contribution in [3.8, 4) is 0 Å². The average Bonchev–Trinajstić information content (AvgIpc) is 3.13. The van der Waals surface area contributed by atoms with Crippen LogP contribution in [0, 0.1) is 5.92 Å². The monoisotopic (exact) mass is 493 g/mol. The molecule has 0 saturated carbocycles. The maximum absolute atomic E-state index is 12.9. The maximum Gasteiger partial charge on any atom is 0.434 e. The van der Waals surface area contributed by atoms with Crippen LogP contribution in [0.15, 0.2) is 18.2 Å². The summed E-state index contributed by atoms with van der Waals surface area (Å²) in [5.74, 6) is -0.842. The van der Waals surface area contributed by atoms with Gasteiger partial charge in [0, 0.05) is 39.3 Å².